The Morgan fingerprint density at radius 1 is 1.16 bits per heavy atom. The maximum atomic E-state index is 14.0. The number of benzene rings is 1. The van der Waals surface area contributed by atoms with Crippen LogP contribution in [-0.2, 0) is 14.3 Å². The number of methoxy groups -OCH3 is 1. The summed E-state index contributed by atoms with van der Waals surface area (Å²) in [5.41, 5.74) is 0.986. The summed E-state index contributed by atoms with van der Waals surface area (Å²) < 4.78 is 39.4. The lowest BCUT2D eigenvalue weighted by molar-refractivity contribution is -0.119. The molecule has 3 heterocycles. The number of alkyl carbamates (subject to hydrolysis) is 1. The molecule has 2 N–H and O–H groups in total. The highest BCUT2D eigenvalue weighted by atomic mass is 19.3. The van der Waals surface area contributed by atoms with Crippen molar-refractivity contribution < 1.29 is 27.8 Å². The van der Waals surface area contributed by atoms with Crippen LogP contribution in [0.2, 0.25) is 0 Å². The number of hydrogen-bond donors (Lipinski definition) is 2. The molecule has 2 aliphatic rings. The summed E-state index contributed by atoms with van der Waals surface area (Å²) in [4.78, 5) is 38.7. The number of nitrogens with one attached hydrogen (secondary N) is 2. The van der Waals surface area contributed by atoms with Crippen LogP contribution in [0.1, 0.15) is 31.5 Å². The first-order chi connectivity index (χ1) is 18.4. The molecule has 0 spiro atoms. The zero-order chi connectivity index (χ0) is 26.6. The van der Waals surface area contributed by atoms with Gasteiger partial charge in [-0.05, 0) is 30.9 Å². The highest BCUT2D eigenvalue weighted by molar-refractivity contribution is 5.84. The van der Waals surface area contributed by atoms with E-state index >= 15 is 0 Å². The molecule has 3 aromatic rings. The van der Waals surface area contributed by atoms with Gasteiger partial charge in [0.2, 0.25) is 5.95 Å². The van der Waals surface area contributed by atoms with Crippen molar-refractivity contribution in [1.29, 1.82) is 0 Å². The molecule has 1 aliphatic heterocycles. The Labute approximate surface area is 217 Å². The number of para-hydroxylation sites is 2. The third-order valence-electron chi connectivity index (χ3n) is 6.73. The van der Waals surface area contributed by atoms with Gasteiger partial charge in [-0.2, -0.15) is 9.97 Å². The lowest BCUT2D eigenvalue weighted by atomic mass is 9.77. The van der Waals surface area contributed by atoms with Gasteiger partial charge in [0.05, 0.1) is 37.9 Å². The molecule has 13 heteroatoms. The SMILES string of the molecule is COC(=O)NCC(=O)CC1CC(Nc2cc(-n3c(C(F)F)nc4ccccc43)nc(N3CCOCC3)n2)C1. The molecule has 0 radical (unpaired) electrons. The maximum absolute atomic E-state index is 14.0. The second-order valence-corrected chi connectivity index (χ2v) is 9.37. The fourth-order valence-electron chi connectivity index (χ4n) is 4.81. The molecule has 1 amide bonds. The van der Waals surface area contributed by atoms with Crippen LogP contribution in [0.15, 0.2) is 30.3 Å². The van der Waals surface area contributed by atoms with Gasteiger partial charge in [-0.3, -0.25) is 9.36 Å². The highest BCUT2D eigenvalue weighted by Crippen LogP contribution is 2.34. The molecule has 0 bridgehead atoms. The molecular weight excluding hydrogens is 500 g/mol. The summed E-state index contributed by atoms with van der Waals surface area (Å²) in [6.45, 7) is 2.15. The number of carbonyl (C=O) groups excluding carboxylic acids is 2. The van der Waals surface area contributed by atoms with Gasteiger partial charge in [0, 0.05) is 31.6 Å². The van der Waals surface area contributed by atoms with E-state index in [0.717, 1.165) is 12.8 Å². The third kappa shape index (κ3) is 5.67. The van der Waals surface area contributed by atoms with E-state index in [0.29, 0.717) is 61.3 Å². The van der Waals surface area contributed by atoms with E-state index in [1.54, 1.807) is 30.3 Å². The molecule has 202 valence electrons. The van der Waals surface area contributed by atoms with Crippen LogP contribution < -0.4 is 15.5 Å². The Kier molecular flexibility index (Phi) is 7.63. The van der Waals surface area contributed by atoms with Crippen LogP contribution in [0.3, 0.4) is 0 Å². The first kappa shape index (κ1) is 25.8. The van der Waals surface area contributed by atoms with Crippen LogP contribution in [-0.4, -0.2) is 77.4 Å². The maximum Gasteiger partial charge on any atom is 0.407 e. The van der Waals surface area contributed by atoms with Crippen molar-refractivity contribution in [2.45, 2.75) is 31.7 Å². The monoisotopic (exact) mass is 529 g/mol. The summed E-state index contributed by atoms with van der Waals surface area (Å²) in [5.74, 6) is 0.967. The van der Waals surface area contributed by atoms with E-state index in [9.17, 15) is 18.4 Å². The summed E-state index contributed by atoms with van der Waals surface area (Å²) in [6.07, 6.45) is -1.59. The zero-order valence-corrected chi connectivity index (χ0v) is 20.9. The number of carbonyl (C=O) groups is 2. The van der Waals surface area contributed by atoms with Crippen LogP contribution in [0.5, 0.6) is 0 Å². The lowest BCUT2D eigenvalue weighted by Gasteiger charge is -2.36. The molecule has 2 aromatic heterocycles. The predicted molar refractivity (Wildman–Crippen MR) is 135 cm³/mol. The van der Waals surface area contributed by atoms with Crippen molar-refractivity contribution in [1.82, 2.24) is 24.8 Å². The van der Waals surface area contributed by atoms with Crippen molar-refractivity contribution in [3.05, 3.63) is 36.2 Å². The molecule has 0 atom stereocenters. The fraction of sp³-hybridized carbons (Fsp3) is 0.480. The number of rotatable bonds is 9. The molecule has 11 nitrogen and oxygen atoms in total. The largest absolute Gasteiger partial charge is 0.453 e. The number of ether oxygens (including phenoxy) is 2. The van der Waals surface area contributed by atoms with E-state index in [2.05, 4.69) is 30.3 Å². The Balaban J connectivity index is 1.36. The number of imidazole rings is 1. The molecule has 5 rings (SSSR count). The van der Waals surface area contributed by atoms with Crippen molar-refractivity contribution in [2.75, 3.05) is 50.2 Å². The van der Waals surface area contributed by atoms with Gasteiger partial charge in [-0.1, -0.05) is 12.1 Å². The average Bonchev–Trinajstić information content (AvgIpc) is 3.31. The van der Waals surface area contributed by atoms with Gasteiger partial charge in [-0.25, -0.2) is 18.6 Å². The van der Waals surface area contributed by atoms with E-state index in [1.165, 1.54) is 11.7 Å². The molecule has 38 heavy (non-hydrogen) atoms. The van der Waals surface area contributed by atoms with Crippen LogP contribution in [0.25, 0.3) is 16.9 Å². The summed E-state index contributed by atoms with van der Waals surface area (Å²) in [6, 6.07) is 8.68. The Hall–Kier alpha value is -3.87. The third-order valence-corrected chi connectivity index (χ3v) is 6.73. The molecule has 1 saturated heterocycles. The number of morpholine rings is 1. The van der Waals surface area contributed by atoms with Gasteiger partial charge in [-0.15, -0.1) is 0 Å². The predicted octanol–water partition coefficient (Wildman–Crippen LogP) is 3.10. The van der Waals surface area contributed by atoms with E-state index < -0.39 is 12.5 Å². The Morgan fingerprint density at radius 3 is 2.66 bits per heavy atom. The van der Waals surface area contributed by atoms with Crippen molar-refractivity contribution in [3.8, 4) is 5.82 Å². The number of alkyl halides is 2. The Bertz CT molecular complexity index is 1310. The number of anilines is 2. The molecule has 2 fully saturated rings. The first-order valence-electron chi connectivity index (χ1n) is 12.5. The molecule has 1 aliphatic carbocycles. The summed E-state index contributed by atoms with van der Waals surface area (Å²) in [5, 5.41) is 5.79. The fourth-order valence-corrected chi connectivity index (χ4v) is 4.81. The highest BCUT2D eigenvalue weighted by Gasteiger charge is 2.31. The van der Waals surface area contributed by atoms with Crippen molar-refractivity contribution in [3.63, 3.8) is 0 Å². The minimum absolute atomic E-state index is 0.0647. The number of aromatic nitrogens is 4. The number of fused-ring (bicyclic) bond motifs is 1. The smallest absolute Gasteiger partial charge is 0.407 e. The second-order valence-electron chi connectivity index (χ2n) is 9.37. The zero-order valence-electron chi connectivity index (χ0n) is 20.9. The van der Waals surface area contributed by atoms with Gasteiger partial charge in [0.25, 0.3) is 6.43 Å². The Morgan fingerprint density at radius 2 is 1.92 bits per heavy atom. The molecule has 0 unspecified atom stereocenters. The summed E-state index contributed by atoms with van der Waals surface area (Å²) >= 11 is 0. The number of ketones is 1. The lowest BCUT2D eigenvalue weighted by Crippen LogP contribution is -2.39. The number of amides is 1. The number of halogens is 2. The number of hydrogen-bond acceptors (Lipinski definition) is 9. The quantitative estimate of drug-likeness (QED) is 0.430. The normalized spacial score (nSPS) is 19.3. The van der Waals surface area contributed by atoms with Gasteiger partial charge in [0.1, 0.15) is 11.6 Å². The number of nitrogens with zero attached hydrogens (tertiary/aromatic N) is 5. The first-order valence-corrected chi connectivity index (χ1v) is 12.5. The minimum atomic E-state index is -2.79. The van der Waals surface area contributed by atoms with Gasteiger partial charge < -0.3 is 25.0 Å². The average molecular weight is 530 g/mol. The van der Waals surface area contributed by atoms with Crippen LogP contribution in [0.4, 0.5) is 25.3 Å². The van der Waals surface area contributed by atoms with Crippen LogP contribution >= 0.6 is 0 Å². The topological polar surface area (TPSA) is 123 Å². The van der Waals surface area contributed by atoms with Crippen molar-refractivity contribution in [2.24, 2.45) is 5.92 Å². The second kappa shape index (κ2) is 11.3. The van der Waals surface area contributed by atoms with Crippen molar-refractivity contribution >= 4 is 34.7 Å². The van der Waals surface area contributed by atoms with E-state index in [-0.39, 0.29) is 30.1 Å². The molecule has 1 saturated carbocycles. The number of Topliss-reactive ketones (excluding diaryl/α,β-unsaturated/α-hetero) is 1. The van der Waals surface area contributed by atoms with Gasteiger partial charge >= 0.3 is 6.09 Å². The molecule has 1 aromatic carbocycles. The molecular formula is C25H29F2N7O4. The summed E-state index contributed by atoms with van der Waals surface area (Å²) in [7, 11) is 1.24. The standard InChI is InChI=1S/C25H29F2N7O4/c1-37-25(36)28-14-17(35)12-15-10-16(11-15)29-20-13-21(32-24(31-20)33-6-8-38-9-7-33)34-19-5-3-2-4-18(19)30-23(34)22(26)27/h2-5,13,15-16,22H,6-12,14H2,1H3,(H,28,36)(H,29,31,32). The van der Waals surface area contributed by atoms with E-state index in [1.807, 2.05) is 4.90 Å². The van der Waals surface area contributed by atoms with Crippen LogP contribution in [0, 0.1) is 5.92 Å². The minimum Gasteiger partial charge on any atom is -0.453 e. The van der Waals surface area contributed by atoms with E-state index in [4.69, 9.17) is 4.74 Å². The van der Waals surface area contributed by atoms with Gasteiger partial charge in [0.15, 0.2) is 11.6 Å².